The predicted molar refractivity (Wildman–Crippen MR) is 20.7 cm³/mol. The van der Waals surface area contributed by atoms with E-state index in [9.17, 15) is 0 Å². The number of allylic oxidation sites excluding steroid dienone is 1. The Bertz CT molecular complexity index is 30.6. The van der Waals surface area contributed by atoms with E-state index in [0.29, 0.717) is 0 Å². The van der Waals surface area contributed by atoms with Crippen LogP contribution in [0.2, 0.25) is 0 Å². The Morgan fingerprint density at radius 3 is 2.60 bits per heavy atom. The maximum absolute atomic E-state index is 7.76. The zero-order valence-corrected chi connectivity index (χ0v) is 3.23. The van der Waals surface area contributed by atoms with Gasteiger partial charge < -0.3 is 5.11 Å². The smallest absolute Gasteiger partial charge is 0.152 e. The summed E-state index contributed by atoms with van der Waals surface area (Å²) in [5.74, 6) is 0. The van der Waals surface area contributed by atoms with Gasteiger partial charge in [0.15, 0.2) is 6.26 Å². The highest BCUT2D eigenvalue weighted by Gasteiger charge is 1.55. The van der Waals surface area contributed by atoms with Crippen LogP contribution in [0.4, 0.5) is 0 Å². The summed E-state index contributed by atoms with van der Waals surface area (Å²) in [4.78, 5) is 0. The average Bonchev–Trinajstić information content (AvgIpc) is 1.41. The molecule has 1 N–H and O–H groups in total. The molecule has 0 aromatic rings. The van der Waals surface area contributed by atoms with Crippen molar-refractivity contribution in [1.82, 2.24) is 0 Å². The van der Waals surface area contributed by atoms with Crippen LogP contribution < -0.4 is 0 Å². The number of hydrogen-bond acceptors (Lipinski definition) is 1. The van der Waals surface area contributed by atoms with Crippen molar-refractivity contribution in [2.24, 2.45) is 0 Å². The highest BCUT2D eigenvalue weighted by Crippen LogP contribution is 1.70. The van der Waals surface area contributed by atoms with Crippen molar-refractivity contribution in [1.29, 1.82) is 0 Å². The van der Waals surface area contributed by atoms with Gasteiger partial charge in [-0.15, -0.1) is 0 Å². The Labute approximate surface area is 31.9 Å². The van der Waals surface area contributed by atoms with Gasteiger partial charge in [-0.2, -0.15) is 0 Å². The Balaban J connectivity index is 2.62. The van der Waals surface area contributed by atoms with Crippen LogP contribution in [-0.2, 0) is 0 Å². The molecule has 0 heterocycles. The monoisotopic (exact) mass is 71.0 g/mol. The first kappa shape index (κ1) is 4.54. The number of hydrogen-bond donors (Lipinski definition) is 1. The van der Waals surface area contributed by atoms with Crippen molar-refractivity contribution in [3.63, 3.8) is 0 Å². The van der Waals surface area contributed by atoms with Gasteiger partial charge in [0.05, 0.1) is 0 Å². The minimum atomic E-state index is 0.858. The number of rotatable bonds is 1. The molecule has 29 valence electrons. The van der Waals surface area contributed by atoms with Crippen molar-refractivity contribution in [2.75, 3.05) is 0 Å². The lowest BCUT2D eigenvalue weighted by molar-refractivity contribution is 0.439. The third-order valence-corrected chi connectivity index (χ3v) is 0.295. The molecule has 0 fully saturated rings. The average molecular weight is 71.1 g/mol. The quantitative estimate of drug-likeness (QED) is 0.461. The van der Waals surface area contributed by atoms with E-state index in [-0.39, 0.29) is 0 Å². The Morgan fingerprint density at radius 1 is 2.00 bits per heavy atom. The Hall–Kier alpha value is -0.460. The van der Waals surface area contributed by atoms with Gasteiger partial charge >= 0.3 is 0 Å². The van der Waals surface area contributed by atoms with Crippen LogP contribution in [-0.4, -0.2) is 5.11 Å². The topological polar surface area (TPSA) is 20.2 Å². The fourth-order valence-corrected chi connectivity index (χ4v) is 0.0913. The van der Waals surface area contributed by atoms with Gasteiger partial charge in [-0.3, -0.25) is 0 Å². The molecule has 1 radical (unpaired) electrons. The van der Waals surface area contributed by atoms with Crippen LogP contribution in [0.3, 0.4) is 0 Å². The lowest BCUT2D eigenvalue weighted by Gasteiger charge is -1.63. The van der Waals surface area contributed by atoms with Gasteiger partial charge in [-0.25, -0.2) is 0 Å². The summed E-state index contributed by atoms with van der Waals surface area (Å²) in [6, 6.07) is 0. The lowest BCUT2D eigenvalue weighted by Crippen LogP contribution is -1.49. The summed E-state index contributed by atoms with van der Waals surface area (Å²) in [6.45, 7) is 1.93. The van der Waals surface area contributed by atoms with E-state index in [1.807, 2.05) is 13.2 Å². The molecule has 0 aromatic heterocycles. The molecule has 1 heteroatoms. The lowest BCUT2D eigenvalue weighted by atomic mass is 10.5. The summed E-state index contributed by atoms with van der Waals surface area (Å²) in [5.41, 5.74) is 0. The molecule has 5 heavy (non-hydrogen) atoms. The largest absolute Gasteiger partial charge is 0.504 e. The fraction of sp³-hybridized carbons (Fsp3) is 0.500. The maximum atomic E-state index is 7.76. The molecule has 1 nitrogen and oxygen atoms in total. The highest BCUT2D eigenvalue weighted by molar-refractivity contribution is 4.60. The number of aliphatic hydroxyl groups excluding tert-OH is 1. The molecule has 0 amide bonds. The predicted octanol–water partition coefficient (Wildman–Crippen LogP) is 1.27. The van der Waals surface area contributed by atoms with Gasteiger partial charge in [-0.1, -0.05) is 6.92 Å². The third-order valence-electron chi connectivity index (χ3n) is 0.295. The normalized spacial score (nSPS) is 9.80. The zero-order valence-electron chi connectivity index (χ0n) is 3.23. The van der Waals surface area contributed by atoms with Crippen LogP contribution in [0.15, 0.2) is 6.08 Å². The van der Waals surface area contributed by atoms with Gasteiger partial charge in [0.2, 0.25) is 0 Å². The molecule has 0 atom stereocenters. The molecule has 0 unspecified atom stereocenters. The first-order valence-electron chi connectivity index (χ1n) is 1.63. The van der Waals surface area contributed by atoms with Crippen LogP contribution in [0.1, 0.15) is 13.3 Å². The number of aliphatic hydroxyl groups is 1. The summed E-state index contributed by atoms with van der Waals surface area (Å²) in [5, 5.41) is 7.76. The van der Waals surface area contributed by atoms with Crippen LogP contribution in [0, 0.1) is 6.26 Å². The van der Waals surface area contributed by atoms with E-state index >= 15 is 0 Å². The van der Waals surface area contributed by atoms with Crippen molar-refractivity contribution < 1.29 is 5.11 Å². The molecule has 0 bridgehead atoms. The van der Waals surface area contributed by atoms with Gasteiger partial charge in [0.25, 0.3) is 0 Å². The van der Waals surface area contributed by atoms with Crippen molar-refractivity contribution >= 4 is 0 Å². The second kappa shape index (κ2) is 3.54. The van der Waals surface area contributed by atoms with Crippen LogP contribution in [0.5, 0.6) is 0 Å². The first-order chi connectivity index (χ1) is 2.41. The van der Waals surface area contributed by atoms with E-state index in [4.69, 9.17) is 5.11 Å². The summed E-state index contributed by atoms with van der Waals surface area (Å²) < 4.78 is 0. The van der Waals surface area contributed by atoms with Crippen LogP contribution in [0.25, 0.3) is 0 Å². The SMILES string of the molecule is CCC=[C]O. The van der Waals surface area contributed by atoms with Crippen molar-refractivity contribution in [2.45, 2.75) is 13.3 Å². The molecular weight excluding hydrogens is 64.0 g/mol. The van der Waals surface area contributed by atoms with E-state index < -0.39 is 0 Å². The molecule has 0 saturated heterocycles. The summed E-state index contributed by atoms with van der Waals surface area (Å²) in [7, 11) is 0. The molecule has 0 rings (SSSR count). The maximum Gasteiger partial charge on any atom is 0.152 e. The first-order valence-corrected chi connectivity index (χ1v) is 1.63. The van der Waals surface area contributed by atoms with E-state index in [1.165, 1.54) is 0 Å². The zero-order chi connectivity index (χ0) is 4.12. The third kappa shape index (κ3) is 3.54. The minimum absolute atomic E-state index is 0.858. The van der Waals surface area contributed by atoms with E-state index in [1.54, 1.807) is 6.08 Å². The summed E-state index contributed by atoms with van der Waals surface area (Å²) in [6.07, 6.45) is 4.31. The van der Waals surface area contributed by atoms with Crippen molar-refractivity contribution in [3.8, 4) is 0 Å². The minimum Gasteiger partial charge on any atom is -0.504 e. The highest BCUT2D eigenvalue weighted by atomic mass is 16.2. The molecule has 0 saturated carbocycles. The molecule has 0 aliphatic carbocycles. The molecule has 0 aliphatic heterocycles. The Kier molecular flexibility index (Phi) is 3.21. The second-order valence-electron chi connectivity index (χ2n) is 0.741. The van der Waals surface area contributed by atoms with Gasteiger partial charge in [0, 0.05) is 0 Å². The second-order valence-corrected chi connectivity index (χ2v) is 0.741. The molecule has 0 spiro atoms. The molecular formula is C4H7O. The standard InChI is InChI=1S/C4H7O/c1-2-3-4-5/h3,5H,2H2,1H3. The van der Waals surface area contributed by atoms with Gasteiger partial charge in [0.1, 0.15) is 0 Å². The molecule has 0 aliphatic rings. The van der Waals surface area contributed by atoms with E-state index in [2.05, 4.69) is 0 Å². The fourth-order valence-electron chi connectivity index (χ4n) is 0.0913. The van der Waals surface area contributed by atoms with Crippen molar-refractivity contribution in [3.05, 3.63) is 12.3 Å². The Morgan fingerprint density at radius 2 is 2.60 bits per heavy atom. The summed E-state index contributed by atoms with van der Waals surface area (Å²) >= 11 is 0. The molecule has 0 aromatic carbocycles. The van der Waals surface area contributed by atoms with Gasteiger partial charge in [-0.05, 0) is 12.5 Å². The van der Waals surface area contributed by atoms with E-state index in [0.717, 1.165) is 6.42 Å². The van der Waals surface area contributed by atoms with Crippen LogP contribution >= 0.6 is 0 Å².